The third kappa shape index (κ3) is 3.48. The highest BCUT2D eigenvalue weighted by atomic mass is 16.2. The molecule has 6 nitrogen and oxygen atoms in total. The van der Waals surface area contributed by atoms with E-state index in [1.165, 1.54) is 0 Å². The first-order chi connectivity index (χ1) is 13.4. The van der Waals surface area contributed by atoms with Crippen LogP contribution in [0.15, 0.2) is 18.2 Å². The Labute approximate surface area is 165 Å². The summed E-state index contributed by atoms with van der Waals surface area (Å²) in [5.41, 5.74) is 3.85. The molecule has 1 aromatic heterocycles. The molecule has 0 radical (unpaired) electrons. The van der Waals surface area contributed by atoms with Crippen LogP contribution in [0.4, 0.5) is 0 Å². The normalized spacial score (nSPS) is 20.8. The van der Waals surface area contributed by atoms with Crippen molar-refractivity contribution in [3.8, 4) is 0 Å². The van der Waals surface area contributed by atoms with Crippen LogP contribution >= 0.6 is 0 Å². The van der Waals surface area contributed by atoms with Gasteiger partial charge in [-0.1, -0.05) is 6.92 Å². The maximum atomic E-state index is 13.2. The minimum atomic E-state index is -0.331. The minimum absolute atomic E-state index is 0.0804. The molecule has 0 aliphatic carbocycles. The van der Waals surface area contributed by atoms with Crippen LogP contribution in [0.25, 0.3) is 11.0 Å². The van der Waals surface area contributed by atoms with Crippen molar-refractivity contribution < 1.29 is 9.59 Å². The van der Waals surface area contributed by atoms with E-state index in [2.05, 4.69) is 16.9 Å². The molecule has 1 atom stereocenters. The van der Waals surface area contributed by atoms with Crippen molar-refractivity contribution in [1.29, 1.82) is 0 Å². The molecule has 2 saturated heterocycles. The van der Waals surface area contributed by atoms with Crippen LogP contribution in [0.1, 0.15) is 54.4 Å². The topological polar surface area (TPSA) is 66.4 Å². The number of carbonyl (C=O) groups excluding carboxylic acids is 2. The SMILES string of the molecule is Cc1nc2ccc(C(=O)N3CCC[C@H]3C(=O)N3CCC(C)CC3)cc2nc1C. The Morgan fingerprint density at radius 3 is 2.36 bits per heavy atom. The number of carbonyl (C=O) groups is 2. The third-order valence-electron chi connectivity index (χ3n) is 6.22. The first kappa shape index (κ1) is 18.8. The van der Waals surface area contributed by atoms with E-state index in [0.717, 1.165) is 61.2 Å². The molecule has 3 heterocycles. The van der Waals surface area contributed by atoms with Crippen molar-refractivity contribution in [3.05, 3.63) is 35.2 Å². The van der Waals surface area contributed by atoms with E-state index in [1.807, 2.05) is 24.8 Å². The first-order valence-electron chi connectivity index (χ1n) is 10.3. The lowest BCUT2D eigenvalue weighted by molar-refractivity contribution is -0.136. The number of amides is 2. The number of aryl methyl sites for hydroxylation is 2. The predicted molar refractivity (Wildman–Crippen MR) is 108 cm³/mol. The zero-order chi connectivity index (χ0) is 19.8. The molecule has 2 aliphatic heterocycles. The summed E-state index contributed by atoms with van der Waals surface area (Å²) in [4.78, 5) is 39.1. The molecule has 1 aromatic carbocycles. The standard InChI is InChI=1S/C22H28N4O2/c1-14-8-11-25(12-9-14)22(28)20-5-4-10-26(20)21(27)17-6-7-18-19(13-17)24-16(3)15(2)23-18/h6-7,13-14,20H,4-5,8-12H2,1-3H3/t20-/m0/s1. The zero-order valence-electron chi connectivity index (χ0n) is 16.9. The predicted octanol–water partition coefficient (Wildman–Crippen LogP) is 3.11. The number of hydrogen-bond donors (Lipinski definition) is 0. The maximum Gasteiger partial charge on any atom is 0.254 e. The highest BCUT2D eigenvalue weighted by molar-refractivity contribution is 6.00. The second kappa shape index (κ2) is 7.49. The summed E-state index contributed by atoms with van der Waals surface area (Å²) in [7, 11) is 0. The number of rotatable bonds is 2. The molecule has 2 amide bonds. The second-order valence-corrected chi connectivity index (χ2v) is 8.26. The quantitative estimate of drug-likeness (QED) is 0.803. The van der Waals surface area contributed by atoms with E-state index < -0.39 is 0 Å². The largest absolute Gasteiger partial charge is 0.341 e. The molecular formula is C22H28N4O2. The Morgan fingerprint density at radius 1 is 0.964 bits per heavy atom. The minimum Gasteiger partial charge on any atom is -0.341 e. The molecule has 0 unspecified atom stereocenters. The average molecular weight is 380 g/mol. The Hall–Kier alpha value is -2.50. The highest BCUT2D eigenvalue weighted by Crippen LogP contribution is 2.25. The summed E-state index contributed by atoms with van der Waals surface area (Å²) in [5, 5.41) is 0. The van der Waals surface area contributed by atoms with Crippen molar-refractivity contribution in [3.63, 3.8) is 0 Å². The Bertz CT molecular complexity index is 918. The van der Waals surface area contributed by atoms with Gasteiger partial charge in [0.25, 0.3) is 5.91 Å². The van der Waals surface area contributed by atoms with Gasteiger partial charge in [-0.25, -0.2) is 9.97 Å². The van der Waals surface area contributed by atoms with Gasteiger partial charge in [-0.3, -0.25) is 9.59 Å². The summed E-state index contributed by atoms with van der Waals surface area (Å²) in [5.74, 6) is 0.712. The van der Waals surface area contributed by atoms with Gasteiger partial charge in [-0.2, -0.15) is 0 Å². The summed E-state index contributed by atoms with van der Waals surface area (Å²) < 4.78 is 0. The number of fused-ring (bicyclic) bond motifs is 1. The number of nitrogens with zero attached hydrogens (tertiary/aromatic N) is 4. The molecule has 0 N–H and O–H groups in total. The van der Waals surface area contributed by atoms with Gasteiger partial charge in [-0.05, 0) is 63.6 Å². The van der Waals surface area contributed by atoms with Crippen LogP contribution in [-0.4, -0.2) is 57.3 Å². The monoisotopic (exact) mass is 380 g/mol. The van der Waals surface area contributed by atoms with Gasteiger partial charge in [0.15, 0.2) is 0 Å². The van der Waals surface area contributed by atoms with Crippen molar-refractivity contribution >= 4 is 22.8 Å². The molecule has 28 heavy (non-hydrogen) atoms. The molecule has 4 rings (SSSR count). The van der Waals surface area contributed by atoms with Crippen LogP contribution < -0.4 is 0 Å². The van der Waals surface area contributed by atoms with Crippen LogP contribution in [-0.2, 0) is 4.79 Å². The van der Waals surface area contributed by atoms with Gasteiger partial charge in [0.05, 0.1) is 22.4 Å². The smallest absolute Gasteiger partial charge is 0.254 e. The van der Waals surface area contributed by atoms with Gasteiger partial charge in [0.2, 0.25) is 5.91 Å². The molecular weight excluding hydrogens is 352 g/mol. The van der Waals surface area contributed by atoms with Crippen molar-refractivity contribution in [2.24, 2.45) is 5.92 Å². The van der Waals surface area contributed by atoms with Crippen LogP contribution in [0, 0.1) is 19.8 Å². The van der Waals surface area contributed by atoms with Gasteiger partial charge >= 0.3 is 0 Å². The van der Waals surface area contributed by atoms with E-state index in [0.29, 0.717) is 18.0 Å². The summed E-state index contributed by atoms with van der Waals surface area (Å²) in [6, 6.07) is 5.12. The van der Waals surface area contributed by atoms with Crippen LogP contribution in [0.2, 0.25) is 0 Å². The fourth-order valence-corrected chi connectivity index (χ4v) is 4.24. The van der Waals surface area contributed by atoms with E-state index in [-0.39, 0.29) is 17.9 Å². The van der Waals surface area contributed by atoms with Crippen molar-refractivity contribution in [1.82, 2.24) is 19.8 Å². The molecule has 6 heteroatoms. The second-order valence-electron chi connectivity index (χ2n) is 8.26. The molecule has 2 aromatic rings. The Kier molecular flexibility index (Phi) is 5.04. The number of piperidine rings is 1. The van der Waals surface area contributed by atoms with Crippen LogP contribution in [0.3, 0.4) is 0 Å². The molecule has 148 valence electrons. The zero-order valence-corrected chi connectivity index (χ0v) is 16.9. The summed E-state index contributed by atoms with van der Waals surface area (Å²) in [6.07, 6.45) is 3.73. The lowest BCUT2D eigenvalue weighted by Gasteiger charge is -2.34. The lowest BCUT2D eigenvalue weighted by atomic mass is 9.98. The third-order valence-corrected chi connectivity index (χ3v) is 6.22. The number of aromatic nitrogens is 2. The van der Waals surface area contributed by atoms with Crippen molar-refractivity contribution in [2.75, 3.05) is 19.6 Å². The van der Waals surface area contributed by atoms with Crippen molar-refractivity contribution in [2.45, 2.75) is 52.5 Å². The molecule has 2 fully saturated rings. The van der Waals surface area contributed by atoms with E-state index >= 15 is 0 Å². The number of likely N-dealkylation sites (tertiary alicyclic amines) is 2. The number of hydrogen-bond acceptors (Lipinski definition) is 4. The Morgan fingerprint density at radius 2 is 1.64 bits per heavy atom. The van der Waals surface area contributed by atoms with Crippen LogP contribution in [0.5, 0.6) is 0 Å². The highest BCUT2D eigenvalue weighted by Gasteiger charge is 2.37. The maximum absolute atomic E-state index is 13.2. The molecule has 0 bridgehead atoms. The summed E-state index contributed by atoms with van der Waals surface area (Å²) >= 11 is 0. The average Bonchev–Trinajstić information content (AvgIpc) is 3.18. The molecule has 0 saturated carbocycles. The molecule has 0 spiro atoms. The van der Waals surface area contributed by atoms with Gasteiger partial charge in [0.1, 0.15) is 6.04 Å². The van der Waals surface area contributed by atoms with E-state index in [1.54, 1.807) is 17.0 Å². The molecule has 2 aliphatic rings. The van der Waals surface area contributed by atoms with E-state index in [4.69, 9.17) is 0 Å². The fraction of sp³-hybridized carbons (Fsp3) is 0.545. The van der Waals surface area contributed by atoms with Gasteiger partial charge < -0.3 is 9.80 Å². The number of benzene rings is 1. The summed E-state index contributed by atoms with van der Waals surface area (Å²) in [6.45, 7) is 8.34. The fourth-order valence-electron chi connectivity index (χ4n) is 4.24. The lowest BCUT2D eigenvalue weighted by Crippen LogP contribution is -2.49. The first-order valence-corrected chi connectivity index (χ1v) is 10.3. The van der Waals surface area contributed by atoms with E-state index in [9.17, 15) is 9.59 Å². The Balaban J connectivity index is 1.55. The van der Waals surface area contributed by atoms with Gasteiger partial charge in [0, 0.05) is 25.2 Å². The van der Waals surface area contributed by atoms with Gasteiger partial charge in [-0.15, -0.1) is 0 Å².